The molecule has 3 rings (SSSR count). The van der Waals surface area contributed by atoms with Gasteiger partial charge in [-0.15, -0.1) is 0 Å². The van der Waals surface area contributed by atoms with Crippen LogP contribution in [-0.2, 0) is 19.1 Å². The Labute approximate surface area is 175 Å². The second-order valence-electron chi connectivity index (χ2n) is 8.35. The number of benzene rings is 1. The molecule has 30 heavy (non-hydrogen) atoms. The maximum absolute atomic E-state index is 14.6. The van der Waals surface area contributed by atoms with Crippen LogP contribution in [0.4, 0.5) is 15.8 Å². The number of nitrogens with one attached hydrogen (secondary N) is 1. The lowest BCUT2D eigenvalue weighted by molar-refractivity contribution is -0.133. The first-order valence-corrected chi connectivity index (χ1v) is 10.3. The van der Waals surface area contributed by atoms with Gasteiger partial charge >= 0.3 is 0 Å². The zero-order valence-corrected chi connectivity index (χ0v) is 17.4. The second-order valence-corrected chi connectivity index (χ2v) is 8.35. The summed E-state index contributed by atoms with van der Waals surface area (Å²) in [5.74, 6) is -1.56. The average molecular weight is 420 g/mol. The summed E-state index contributed by atoms with van der Waals surface area (Å²) in [5.41, 5.74) is 5.89. The largest absolute Gasteiger partial charge is 0.370 e. The minimum Gasteiger partial charge on any atom is -0.370 e. The zero-order valence-electron chi connectivity index (χ0n) is 17.4. The molecule has 0 unspecified atom stereocenters. The number of ether oxygens (including phenoxy) is 1. The lowest BCUT2D eigenvalue weighted by Gasteiger charge is -2.30. The van der Waals surface area contributed by atoms with E-state index in [9.17, 15) is 18.8 Å². The van der Waals surface area contributed by atoms with Crippen molar-refractivity contribution in [2.75, 3.05) is 43.1 Å². The predicted octanol–water partition coefficient (Wildman–Crippen LogP) is 1.35. The zero-order chi connectivity index (χ0) is 21.8. The van der Waals surface area contributed by atoms with Crippen LogP contribution in [0, 0.1) is 17.7 Å². The molecule has 3 N–H and O–H groups in total. The highest BCUT2D eigenvalue weighted by molar-refractivity contribution is 6.09. The topological polar surface area (TPSA) is 105 Å². The number of hydrogen-bond donors (Lipinski definition) is 2. The molecular formula is C21H29FN4O4. The van der Waals surface area contributed by atoms with Crippen molar-refractivity contribution in [2.45, 2.75) is 32.7 Å². The van der Waals surface area contributed by atoms with Crippen molar-refractivity contribution >= 4 is 29.1 Å². The predicted molar refractivity (Wildman–Crippen MR) is 110 cm³/mol. The van der Waals surface area contributed by atoms with Gasteiger partial charge in [-0.2, -0.15) is 0 Å². The number of primary amides is 1. The molecule has 1 saturated carbocycles. The van der Waals surface area contributed by atoms with Crippen molar-refractivity contribution in [1.82, 2.24) is 4.90 Å². The summed E-state index contributed by atoms with van der Waals surface area (Å²) >= 11 is 0. The van der Waals surface area contributed by atoms with Gasteiger partial charge in [0.15, 0.2) is 6.04 Å². The summed E-state index contributed by atoms with van der Waals surface area (Å²) in [4.78, 5) is 40.1. The van der Waals surface area contributed by atoms with Crippen LogP contribution in [0.3, 0.4) is 0 Å². The first-order valence-electron chi connectivity index (χ1n) is 10.3. The molecule has 8 nitrogen and oxygen atoms in total. The molecule has 2 aliphatic rings. The van der Waals surface area contributed by atoms with Crippen molar-refractivity contribution in [3.63, 3.8) is 0 Å². The summed E-state index contributed by atoms with van der Waals surface area (Å²) in [6, 6.07) is 2.95. The molecule has 0 aromatic heterocycles. The normalized spacial score (nSPS) is 18.0. The Morgan fingerprint density at radius 1 is 1.37 bits per heavy atom. The molecule has 9 heteroatoms. The molecule has 1 aliphatic carbocycles. The van der Waals surface area contributed by atoms with E-state index in [4.69, 9.17) is 10.5 Å². The molecule has 1 saturated heterocycles. The minimum atomic E-state index is -1.13. The fourth-order valence-electron chi connectivity index (χ4n) is 3.65. The number of nitrogens with zero attached hydrogens (tertiary/aromatic N) is 2. The quantitative estimate of drug-likeness (QED) is 0.587. The standard InChI is InChI=1S/C21H29FN4O4/c1-13(2)10-25(11-14-3-4-14)19(20(23)28)21(29)24-15-5-6-17(16(22)9-15)26-7-8-30-12-18(26)27/h5-6,9,13-14,19H,3-4,7-8,10-12H2,1-2H3,(H2,23,28)(H,24,29)/t19-/m0/s1. The van der Waals surface area contributed by atoms with Crippen molar-refractivity contribution < 1.29 is 23.5 Å². The van der Waals surface area contributed by atoms with Gasteiger partial charge in [0.2, 0.25) is 5.91 Å². The van der Waals surface area contributed by atoms with Gasteiger partial charge < -0.3 is 20.7 Å². The summed E-state index contributed by atoms with van der Waals surface area (Å²) in [7, 11) is 0. The van der Waals surface area contributed by atoms with Crippen LogP contribution in [0.1, 0.15) is 26.7 Å². The van der Waals surface area contributed by atoms with E-state index in [2.05, 4.69) is 5.32 Å². The highest BCUT2D eigenvalue weighted by Crippen LogP contribution is 2.31. The average Bonchev–Trinajstić information content (AvgIpc) is 3.46. The van der Waals surface area contributed by atoms with E-state index in [-0.39, 0.29) is 36.4 Å². The summed E-state index contributed by atoms with van der Waals surface area (Å²) < 4.78 is 19.7. The highest BCUT2D eigenvalue weighted by Gasteiger charge is 2.35. The van der Waals surface area contributed by atoms with E-state index in [1.54, 1.807) is 0 Å². The molecule has 1 atom stereocenters. The smallest absolute Gasteiger partial charge is 0.253 e. The van der Waals surface area contributed by atoms with E-state index >= 15 is 0 Å². The van der Waals surface area contributed by atoms with Crippen molar-refractivity contribution in [3.8, 4) is 0 Å². The fourth-order valence-corrected chi connectivity index (χ4v) is 3.65. The van der Waals surface area contributed by atoms with Gasteiger partial charge in [0.25, 0.3) is 11.8 Å². The third kappa shape index (κ3) is 5.54. The number of amides is 3. The SMILES string of the molecule is CC(C)CN(CC1CC1)[C@@H](C(N)=O)C(=O)Nc1ccc(N2CCOCC2=O)c(F)c1. The van der Waals surface area contributed by atoms with Crippen LogP contribution in [0.15, 0.2) is 18.2 Å². The van der Waals surface area contributed by atoms with Gasteiger partial charge in [-0.25, -0.2) is 4.39 Å². The van der Waals surface area contributed by atoms with E-state index in [1.807, 2.05) is 18.7 Å². The van der Waals surface area contributed by atoms with Crippen molar-refractivity contribution in [3.05, 3.63) is 24.0 Å². The third-order valence-corrected chi connectivity index (χ3v) is 5.16. The lowest BCUT2D eigenvalue weighted by atomic mass is 10.1. The maximum atomic E-state index is 14.6. The van der Waals surface area contributed by atoms with E-state index < -0.39 is 23.7 Å². The Morgan fingerprint density at radius 3 is 2.67 bits per heavy atom. The van der Waals surface area contributed by atoms with Crippen LogP contribution in [-0.4, -0.2) is 61.5 Å². The van der Waals surface area contributed by atoms with Crippen LogP contribution in [0.5, 0.6) is 0 Å². The number of carbonyl (C=O) groups excluding carboxylic acids is 3. The van der Waals surface area contributed by atoms with Crippen LogP contribution >= 0.6 is 0 Å². The first kappa shape index (κ1) is 22.2. The van der Waals surface area contributed by atoms with Gasteiger partial charge in [0.1, 0.15) is 12.4 Å². The van der Waals surface area contributed by atoms with Crippen LogP contribution < -0.4 is 16.0 Å². The van der Waals surface area contributed by atoms with E-state index in [0.29, 0.717) is 25.6 Å². The number of halogens is 1. The fraction of sp³-hybridized carbons (Fsp3) is 0.571. The first-order chi connectivity index (χ1) is 14.3. The molecule has 2 fully saturated rings. The Morgan fingerprint density at radius 2 is 2.10 bits per heavy atom. The Balaban J connectivity index is 1.74. The molecule has 1 aromatic carbocycles. The van der Waals surface area contributed by atoms with Crippen LogP contribution in [0.25, 0.3) is 0 Å². The van der Waals surface area contributed by atoms with Gasteiger partial charge in [-0.05, 0) is 42.9 Å². The molecule has 0 spiro atoms. The van der Waals surface area contributed by atoms with Gasteiger partial charge in [0, 0.05) is 25.3 Å². The Kier molecular flexibility index (Phi) is 7.04. The monoisotopic (exact) mass is 420 g/mol. The number of anilines is 2. The summed E-state index contributed by atoms with van der Waals surface area (Å²) in [6.07, 6.45) is 2.16. The molecule has 0 radical (unpaired) electrons. The lowest BCUT2D eigenvalue weighted by Crippen LogP contribution is -2.53. The number of nitrogens with two attached hydrogens (primary N) is 1. The molecule has 1 heterocycles. The van der Waals surface area contributed by atoms with Crippen molar-refractivity contribution in [2.24, 2.45) is 17.6 Å². The Bertz CT molecular complexity index is 808. The second kappa shape index (κ2) is 9.53. The summed E-state index contributed by atoms with van der Waals surface area (Å²) in [6.45, 7) is 5.71. The summed E-state index contributed by atoms with van der Waals surface area (Å²) in [5, 5.41) is 2.60. The van der Waals surface area contributed by atoms with Gasteiger partial charge in [-0.3, -0.25) is 19.3 Å². The number of morpholine rings is 1. The van der Waals surface area contributed by atoms with Crippen LogP contribution in [0.2, 0.25) is 0 Å². The van der Waals surface area contributed by atoms with Gasteiger partial charge in [0.05, 0.1) is 12.3 Å². The highest BCUT2D eigenvalue weighted by atomic mass is 19.1. The molecule has 1 aliphatic heterocycles. The third-order valence-electron chi connectivity index (χ3n) is 5.16. The Hall–Kier alpha value is -2.52. The maximum Gasteiger partial charge on any atom is 0.253 e. The van der Waals surface area contributed by atoms with Crippen molar-refractivity contribution in [1.29, 1.82) is 0 Å². The van der Waals surface area contributed by atoms with E-state index in [0.717, 1.165) is 18.9 Å². The number of rotatable bonds is 9. The molecule has 3 amide bonds. The molecule has 164 valence electrons. The van der Waals surface area contributed by atoms with Gasteiger partial charge in [-0.1, -0.05) is 13.8 Å². The molecular weight excluding hydrogens is 391 g/mol. The number of carbonyl (C=O) groups is 3. The molecule has 1 aromatic rings. The van der Waals surface area contributed by atoms with E-state index in [1.165, 1.54) is 17.0 Å². The minimum absolute atomic E-state index is 0.0924. The molecule has 0 bridgehead atoms. The number of hydrogen-bond acceptors (Lipinski definition) is 5.